The zero-order chi connectivity index (χ0) is 17.8. The van der Waals surface area contributed by atoms with Crippen LogP contribution in [0, 0.1) is 0 Å². The van der Waals surface area contributed by atoms with Crippen molar-refractivity contribution in [1.82, 2.24) is 9.97 Å². The molecule has 3 N–H and O–H groups in total. The molecule has 1 aromatic carbocycles. The number of carbonyl (C=O) groups excluding carboxylic acids is 2. The number of nitrogens with one attached hydrogen (secondary N) is 3. The molecule has 7 nitrogen and oxygen atoms in total. The van der Waals surface area contributed by atoms with Crippen molar-refractivity contribution >= 4 is 34.0 Å². The lowest BCUT2D eigenvalue weighted by atomic mass is 10.1. The minimum Gasteiger partial charge on any atom is -0.328 e. The van der Waals surface area contributed by atoms with Crippen LogP contribution >= 0.6 is 11.3 Å². The lowest BCUT2D eigenvalue weighted by Crippen LogP contribution is -2.22. The van der Waals surface area contributed by atoms with Crippen molar-refractivity contribution in [1.29, 1.82) is 0 Å². The van der Waals surface area contributed by atoms with Crippen molar-refractivity contribution < 1.29 is 9.59 Å². The fourth-order valence-electron chi connectivity index (χ4n) is 2.16. The van der Waals surface area contributed by atoms with Crippen LogP contribution in [0.25, 0.3) is 11.3 Å². The van der Waals surface area contributed by atoms with Crippen molar-refractivity contribution in [2.24, 2.45) is 0 Å². The molecule has 2 aromatic heterocycles. The predicted octanol–water partition coefficient (Wildman–Crippen LogP) is 2.71. The number of thiazole rings is 1. The molecule has 2 heterocycles. The van der Waals surface area contributed by atoms with Gasteiger partial charge in [-0.2, -0.15) is 0 Å². The SMILES string of the molecule is CC(=O)Nc1ccc(-c2csc(NC(=O)c3ccc[nH]c3=O)n2)cc1. The number of aromatic amines is 1. The standard InChI is InChI=1S/C17H14N4O3S/c1-10(22)19-12-6-4-11(5-7-12)14-9-25-17(20-14)21-16(24)13-3-2-8-18-15(13)23/h2-9H,1H3,(H,18,23)(H,19,22)(H,20,21,24). The minimum absolute atomic E-state index is 0.0268. The average Bonchev–Trinajstić information content (AvgIpc) is 3.04. The van der Waals surface area contributed by atoms with Crippen LogP contribution in [0.5, 0.6) is 0 Å². The molecule has 0 saturated heterocycles. The molecule has 0 bridgehead atoms. The lowest BCUT2D eigenvalue weighted by Gasteiger charge is -2.03. The van der Waals surface area contributed by atoms with E-state index in [1.807, 2.05) is 12.1 Å². The maximum absolute atomic E-state index is 12.1. The van der Waals surface area contributed by atoms with Crippen molar-refractivity contribution in [2.45, 2.75) is 6.92 Å². The van der Waals surface area contributed by atoms with Crippen LogP contribution < -0.4 is 16.2 Å². The van der Waals surface area contributed by atoms with E-state index in [1.165, 1.54) is 30.5 Å². The minimum atomic E-state index is -0.510. The zero-order valence-electron chi connectivity index (χ0n) is 13.2. The Morgan fingerprint density at radius 1 is 1.12 bits per heavy atom. The van der Waals surface area contributed by atoms with Gasteiger partial charge in [0.1, 0.15) is 5.56 Å². The number of amides is 2. The van der Waals surface area contributed by atoms with Gasteiger partial charge in [-0.25, -0.2) is 4.98 Å². The maximum atomic E-state index is 12.1. The molecule has 0 saturated carbocycles. The van der Waals surface area contributed by atoms with E-state index in [9.17, 15) is 14.4 Å². The second-order valence-electron chi connectivity index (χ2n) is 5.16. The first-order chi connectivity index (χ1) is 12.0. The molecule has 126 valence electrons. The van der Waals surface area contributed by atoms with E-state index in [0.29, 0.717) is 16.5 Å². The van der Waals surface area contributed by atoms with Crippen LogP contribution in [0.15, 0.2) is 52.8 Å². The topological polar surface area (TPSA) is 104 Å². The molecule has 2 amide bonds. The van der Waals surface area contributed by atoms with Gasteiger partial charge in [0.15, 0.2) is 5.13 Å². The van der Waals surface area contributed by atoms with Crippen molar-refractivity contribution in [3.63, 3.8) is 0 Å². The number of nitrogens with zero attached hydrogens (tertiary/aromatic N) is 1. The summed E-state index contributed by atoms with van der Waals surface area (Å²) in [5.41, 5.74) is 1.81. The number of H-pyrrole nitrogens is 1. The summed E-state index contributed by atoms with van der Waals surface area (Å²) in [6.45, 7) is 1.45. The van der Waals surface area contributed by atoms with Crippen LogP contribution in [-0.2, 0) is 4.79 Å². The molecular formula is C17H14N4O3S. The largest absolute Gasteiger partial charge is 0.328 e. The second-order valence-corrected chi connectivity index (χ2v) is 6.02. The molecule has 0 aliphatic rings. The Morgan fingerprint density at radius 3 is 2.56 bits per heavy atom. The van der Waals surface area contributed by atoms with Crippen LogP contribution in [0.1, 0.15) is 17.3 Å². The number of rotatable bonds is 4. The maximum Gasteiger partial charge on any atom is 0.263 e. The molecule has 3 rings (SSSR count). The summed E-state index contributed by atoms with van der Waals surface area (Å²) in [6.07, 6.45) is 1.46. The van der Waals surface area contributed by atoms with Crippen molar-refractivity contribution in [2.75, 3.05) is 10.6 Å². The first-order valence-corrected chi connectivity index (χ1v) is 8.23. The highest BCUT2D eigenvalue weighted by molar-refractivity contribution is 7.14. The molecule has 0 radical (unpaired) electrons. The normalized spacial score (nSPS) is 10.3. The van der Waals surface area contributed by atoms with E-state index < -0.39 is 11.5 Å². The lowest BCUT2D eigenvalue weighted by molar-refractivity contribution is -0.114. The Hall–Kier alpha value is -3.26. The van der Waals surface area contributed by atoms with Crippen LogP contribution in [0.3, 0.4) is 0 Å². The van der Waals surface area contributed by atoms with Gasteiger partial charge in [0.05, 0.1) is 5.69 Å². The summed E-state index contributed by atoms with van der Waals surface area (Å²) >= 11 is 1.26. The molecule has 25 heavy (non-hydrogen) atoms. The molecule has 0 fully saturated rings. The van der Waals surface area contributed by atoms with Gasteiger partial charge in [-0.05, 0) is 24.3 Å². The zero-order valence-corrected chi connectivity index (χ0v) is 14.0. The summed E-state index contributed by atoms with van der Waals surface area (Å²) in [5, 5.41) is 7.51. The highest BCUT2D eigenvalue weighted by Crippen LogP contribution is 2.26. The molecule has 8 heteroatoms. The third-order valence-electron chi connectivity index (χ3n) is 3.29. The number of carbonyl (C=O) groups is 2. The van der Waals surface area contributed by atoms with Crippen LogP contribution in [-0.4, -0.2) is 21.8 Å². The Morgan fingerprint density at radius 2 is 1.88 bits per heavy atom. The number of aromatic nitrogens is 2. The molecule has 0 atom stereocenters. The van der Waals surface area contributed by atoms with Gasteiger partial charge in [-0.1, -0.05) is 12.1 Å². The molecule has 0 aliphatic carbocycles. The van der Waals surface area contributed by atoms with Gasteiger partial charge >= 0.3 is 0 Å². The van der Waals surface area contributed by atoms with Crippen LogP contribution in [0.4, 0.5) is 10.8 Å². The van der Waals surface area contributed by atoms with E-state index in [0.717, 1.165) is 5.56 Å². The molecule has 0 aliphatic heterocycles. The van der Waals surface area contributed by atoms with E-state index in [2.05, 4.69) is 20.6 Å². The fourth-order valence-corrected chi connectivity index (χ4v) is 2.87. The van der Waals surface area contributed by atoms with Crippen LogP contribution in [0.2, 0.25) is 0 Å². The number of hydrogen-bond donors (Lipinski definition) is 3. The van der Waals surface area contributed by atoms with E-state index in [-0.39, 0.29) is 11.5 Å². The third-order valence-corrected chi connectivity index (χ3v) is 4.05. The van der Waals surface area contributed by atoms with Crippen molar-refractivity contribution in [3.8, 4) is 11.3 Å². The molecule has 0 unspecified atom stereocenters. The van der Waals surface area contributed by atoms with E-state index in [4.69, 9.17) is 0 Å². The Balaban J connectivity index is 1.74. The summed E-state index contributed by atoms with van der Waals surface area (Å²) in [5.74, 6) is -0.647. The average molecular weight is 354 g/mol. The first kappa shape index (κ1) is 16.6. The van der Waals surface area contributed by atoms with Gasteiger partial charge in [-0.3, -0.25) is 19.7 Å². The van der Waals surface area contributed by atoms with Gasteiger partial charge in [0.25, 0.3) is 11.5 Å². The quantitative estimate of drug-likeness (QED) is 0.670. The number of anilines is 2. The smallest absolute Gasteiger partial charge is 0.263 e. The second kappa shape index (κ2) is 7.10. The molecular weight excluding hydrogens is 340 g/mol. The summed E-state index contributed by atoms with van der Waals surface area (Å²) < 4.78 is 0. The molecule has 3 aromatic rings. The van der Waals surface area contributed by atoms with E-state index in [1.54, 1.807) is 23.6 Å². The summed E-state index contributed by atoms with van der Waals surface area (Å²) in [4.78, 5) is 41.6. The first-order valence-electron chi connectivity index (χ1n) is 7.35. The highest BCUT2D eigenvalue weighted by Gasteiger charge is 2.12. The summed E-state index contributed by atoms with van der Waals surface area (Å²) in [7, 11) is 0. The Labute approximate surface area is 146 Å². The number of benzene rings is 1. The fraction of sp³-hybridized carbons (Fsp3) is 0.0588. The number of hydrogen-bond acceptors (Lipinski definition) is 5. The monoisotopic (exact) mass is 354 g/mol. The number of pyridine rings is 1. The van der Waals surface area contributed by atoms with E-state index >= 15 is 0 Å². The third kappa shape index (κ3) is 3.99. The predicted molar refractivity (Wildman–Crippen MR) is 96.9 cm³/mol. The van der Waals surface area contributed by atoms with Gasteiger partial charge < -0.3 is 10.3 Å². The van der Waals surface area contributed by atoms with Gasteiger partial charge in [-0.15, -0.1) is 11.3 Å². The van der Waals surface area contributed by atoms with Gasteiger partial charge in [0.2, 0.25) is 5.91 Å². The molecule has 0 spiro atoms. The Kier molecular flexibility index (Phi) is 4.71. The summed E-state index contributed by atoms with van der Waals surface area (Å²) in [6, 6.07) is 10.2. The Bertz CT molecular complexity index is 976. The van der Waals surface area contributed by atoms with Gasteiger partial charge in [0, 0.05) is 29.8 Å². The van der Waals surface area contributed by atoms with Crippen molar-refractivity contribution in [3.05, 3.63) is 63.9 Å². The highest BCUT2D eigenvalue weighted by atomic mass is 32.1.